The summed E-state index contributed by atoms with van der Waals surface area (Å²) in [4.78, 5) is 22.4. The van der Waals surface area contributed by atoms with Crippen molar-refractivity contribution in [2.45, 2.75) is 44.8 Å². The minimum atomic E-state index is -3.59. The molecule has 10 nitrogen and oxygen atoms in total. The quantitative estimate of drug-likeness (QED) is 0.518. The molecule has 3 aromatic rings. The molecule has 2 aliphatic rings. The van der Waals surface area contributed by atoms with Crippen molar-refractivity contribution in [2.24, 2.45) is 0 Å². The lowest BCUT2D eigenvalue weighted by molar-refractivity contribution is 0.0607. The Morgan fingerprint density at radius 1 is 1.19 bits per heavy atom. The lowest BCUT2D eigenvalue weighted by Crippen LogP contribution is -2.39. The number of hydrogen-bond acceptors (Lipinski definition) is 7. The molecule has 0 spiro atoms. The third-order valence-corrected chi connectivity index (χ3v) is 7.53. The molecule has 2 N–H and O–H groups in total. The van der Waals surface area contributed by atoms with Gasteiger partial charge in [-0.3, -0.25) is 9.52 Å². The van der Waals surface area contributed by atoms with E-state index >= 15 is 0 Å². The van der Waals surface area contributed by atoms with E-state index in [0.29, 0.717) is 23.8 Å². The normalized spacial score (nSPS) is 20.8. The number of fused-ring (bicyclic) bond motifs is 1. The number of benzene rings is 1. The Morgan fingerprint density at radius 3 is 2.72 bits per heavy atom. The van der Waals surface area contributed by atoms with Crippen LogP contribution in [0.4, 0.5) is 11.5 Å². The molecule has 0 aliphatic carbocycles. The van der Waals surface area contributed by atoms with Crippen molar-refractivity contribution in [1.82, 2.24) is 19.5 Å². The summed E-state index contributed by atoms with van der Waals surface area (Å²) in [6.07, 6.45) is 5.84. The van der Waals surface area contributed by atoms with E-state index in [1.54, 1.807) is 15.5 Å². The summed E-state index contributed by atoms with van der Waals surface area (Å²) < 4.78 is 27.9. The number of carbonyl (C=O) groups is 1. The number of aryl methyl sites for hydroxylation is 1. The van der Waals surface area contributed by atoms with Gasteiger partial charge in [0.1, 0.15) is 5.82 Å². The summed E-state index contributed by atoms with van der Waals surface area (Å²) in [7, 11) is -3.59. The number of halogens is 1. The first-order valence-corrected chi connectivity index (χ1v) is 14.2. The third-order valence-electron chi connectivity index (χ3n) is 6.70. The van der Waals surface area contributed by atoms with E-state index in [-0.39, 0.29) is 29.3 Å². The summed E-state index contributed by atoms with van der Waals surface area (Å²) >= 11 is 6.18. The van der Waals surface area contributed by atoms with Crippen LogP contribution in [-0.2, 0) is 10.0 Å². The highest BCUT2D eigenvalue weighted by molar-refractivity contribution is 7.92. The number of nitrogens with one attached hydrogen (secondary N) is 1. The maximum absolute atomic E-state index is 13.7. The van der Waals surface area contributed by atoms with Crippen molar-refractivity contribution in [3.8, 4) is 0 Å². The fourth-order valence-electron chi connectivity index (χ4n) is 5.06. The SMILES string of the molecule is Cc1cn2nc(C3CCCCN3C(=O)c3cc(Cl)ccc3NS(C)(=O)=O)cc2nc1N1CCC(O)C1. The van der Waals surface area contributed by atoms with Crippen LogP contribution in [0.1, 0.15) is 53.3 Å². The molecule has 36 heavy (non-hydrogen) atoms. The standard InChI is InChI=1S/C24H29ClN6O4S/c1-15-13-31-22(26-23(15)29-10-8-17(32)14-29)12-20(27-31)21-5-3-4-9-30(21)24(33)18-11-16(25)6-7-19(18)28-36(2,34)35/h6-7,11-13,17,21,28,32H,3-5,8-10,14H2,1-2H3. The molecule has 0 bridgehead atoms. The van der Waals surface area contributed by atoms with Gasteiger partial charge < -0.3 is 14.9 Å². The van der Waals surface area contributed by atoms with Crippen LogP contribution in [0.2, 0.25) is 5.02 Å². The first-order valence-electron chi connectivity index (χ1n) is 12.0. The number of nitrogens with zero attached hydrogens (tertiary/aromatic N) is 5. The summed E-state index contributed by atoms with van der Waals surface area (Å²) in [5, 5.41) is 15.0. The maximum atomic E-state index is 13.7. The van der Waals surface area contributed by atoms with Gasteiger partial charge in [0.25, 0.3) is 5.91 Å². The van der Waals surface area contributed by atoms with Crippen molar-refractivity contribution in [3.05, 3.63) is 52.3 Å². The van der Waals surface area contributed by atoms with Gasteiger partial charge in [-0.15, -0.1) is 0 Å². The molecule has 4 heterocycles. The van der Waals surface area contributed by atoms with Gasteiger partial charge in [0.2, 0.25) is 10.0 Å². The van der Waals surface area contributed by atoms with Gasteiger partial charge in [0, 0.05) is 42.5 Å². The van der Waals surface area contributed by atoms with Crippen LogP contribution in [-0.4, -0.2) is 70.9 Å². The Hall–Kier alpha value is -2.89. The number of hydrogen-bond donors (Lipinski definition) is 2. The van der Waals surface area contributed by atoms with Gasteiger partial charge >= 0.3 is 0 Å². The van der Waals surface area contributed by atoms with E-state index < -0.39 is 10.0 Å². The van der Waals surface area contributed by atoms with Crippen molar-refractivity contribution >= 4 is 44.7 Å². The zero-order valence-electron chi connectivity index (χ0n) is 20.2. The Bertz CT molecular complexity index is 1430. The maximum Gasteiger partial charge on any atom is 0.256 e. The van der Waals surface area contributed by atoms with Gasteiger partial charge in [0.05, 0.1) is 35.3 Å². The largest absolute Gasteiger partial charge is 0.391 e. The van der Waals surface area contributed by atoms with E-state index in [1.165, 1.54) is 12.1 Å². The number of aliphatic hydroxyl groups is 1. The lowest BCUT2D eigenvalue weighted by atomic mass is 9.98. The van der Waals surface area contributed by atoms with Gasteiger partial charge in [-0.25, -0.2) is 17.9 Å². The number of aliphatic hydroxyl groups excluding tert-OH is 1. The van der Waals surface area contributed by atoms with Crippen molar-refractivity contribution in [2.75, 3.05) is 35.5 Å². The van der Waals surface area contributed by atoms with Crippen LogP contribution < -0.4 is 9.62 Å². The first-order chi connectivity index (χ1) is 17.1. The van der Waals surface area contributed by atoms with E-state index in [1.807, 2.05) is 19.2 Å². The van der Waals surface area contributed by atoms with Gasteiger partial charge in [-0.1, -0.05) is 11.6 Å². The number of rotatable bonds is 5. The number of aromatic nitrogens is 3. The number of likely N-dealkylation sites (tertiary alicyclic amines) is 1. The van der Waals surface area contributed by atoms with Gasteiger partial charge in [-0.05, 0) is 50.8 Å². The summed E-state index contributed by atoms with van der Waals surface area (Å²) in [6, 6.07) is 6.17. The topological polar surface area (TPSA) is 120 Å². The van der Waals surface area contributed by atoms with E-state index in [0.717, 1.165) is 55.6 Å². The zero-order chi connectivity index (χ0) is 25.6. The zero-order valence-corrected chi connectivity index (χ0v) is 21.8. The van der Waals surface area contributed by atoms with Crippen LogP contribution in [0.25, 0.3) is 5.65 Å². The molecule has 5 rings (SSSR count). The fourth-order valence-corrected chi connectivity index (χ4v) is 5.80. The lowest BCUT2D eigenvalue weighted by Gasteiger charge is -2.35. The molecule has 2 aromatic heterocycles. The highest BCUT2D eigenvalue weighted by Gasteiger charge is 2.32. The van der Waals surface area contributed by atoms with Crippen LogP contribution in [0.3, 0.4) is 0 Å². The van der Waals surface area contributed by atoms with Crippen LogP contribution in [0.15, 0.2) is 30.5 Å². The van der Waals surface area contributed by atoms with E-state index in [9.17, 15) is 18.3 Å². The minimum absolute atomic E-state index is 0.195. The second-order valence-electron chi connectivity index (χ2n) is 9.58. The Kier molecular flexibility index (Phi) is 6.56. The molecule has 12 heteroatoms. The predicted molar refractivity (Wildman–Crippen MR) is 138 cm³/mol. The highest BCUT2D eigenvalue weighted by Crippen LogP contribution is 2.34. The van der Waals surface area contributed by atoms with Crippen LogP contribution >= 0.6 is 11.6 Å². The second-order valence-corrected chi connectivity index (χ2v) is 11.8. The first kappa shape index (κ1) is 24.8. The average Bonchev–Trinajstić information content (AvgIpc) is 3.44. The molecule has 1 aromatic carbocycles. The molecule has 2 fully saturated rings. The third kappa shape index (κ3) is 5.00. The Balaban J connectivity index is 1.49. The minimum Gasteiger partial charge on any atom is -0.391 e. The molecule has 2 unspecified atom stereocenters. The van der Waals surface area contributed by atoms with E-state index in [4.69, 9.17) is 21.7 Å². The van der Waals surface area contributed by atoms with Gasteiger partial charge in [-0.2, -0.15) is 5.10 Å². The van der Waals surface area contributed by atoms with Crippen molar-refractivity contribution in [1.29, 1.82) is 0 Å². The molecule has 1 amide bonds. The van der Waals surface area contributed by atoms with Crippen molar-refractivity contribution < 1.29 is 18.3 Å². The number of piperidine rings is 1. The predicted octanol–water partition coefficient (Wildman–Crippen LogP) is 3.00. The summed E-state index contributed by atoms with van der Waals surface area (Å²) in [5.74, 6) is 0.527. The molecular weight excluding hydrogens is 504 g/mol. The highest BCUT2D eigenvalue weighted by atomic mass is 35.5. The second kappa shape index (κ2) is 9.53. The molecule has 2 saturated heterocycles. The van der Waals surface area contributed by atoms with E-state index in [2.05, 4.69) is 9.62 Å². The number of β-amino-alcohol motifs (C(OH)–C–C–N with tert-alkyl or cyclic N) is 1. The fraction of sp³-hybridized carbons (Fsp3) is 0.458. The van der Waals surface area contributed by atoms with Crippen molar-refractivity contribution in [3.63, 3.8) is 0 Å². The molecular formula is C24H29ClN6O4S. The average molecular weight is 533 g/mol. The number of amides is 1. The molecule has 0 saturated carbocycles. The Morgan fingerprint density at radius 2 is 2.00 bits per heavy atom. The molecule has 192 valence electrons. The Labute approximate surface area is 214 Å². The number of sulfonamides is 1. The summed E-state index contributed by atoms with van der Waals surface area (Å²) in [6.45, 7) is 3.80. The number of anilines is 2. The smallest absolute Gasteiger partial charge is 0.256 e. The van der Waals surface area contributed by atoms with Gasteiger partial charge in [0.15, 0.2) is 5.65 Å². The molecule has 2 atom stereocenters. The summed E-state index contributed by atoms with van der Waals surface area (Å²) in [5.41, 5.74) is 2.76. The monoisotopic (exact) mass is 532 g/mol. The number of carbonyl (C=O) groups excluding carboxylic acids is 1. The van der Waals surface area contributed by atoms with Crippen LogP contribution in [0.5, 0.6) is 0 Å². The van der Waals surface area contributed by atoms with Crippen LogP contribution in [0, 0.1) is 6.92 Å². The molecule has 2 aliphatic heterocycles. The molecule has 0 radical (unpaired) electrons.